The topological polar surface area (TPSA) is 127 Å². The Labute approximate surface area is 296 Å². The number of carbonyl (C=O) groups excluding carboxylic acids is 3. The molecular formula is C40H41N7O4. The number of H-pyrrole nitrogens is 1. The number of carbonyl (C=O) groups is 3. The first-order chi connectivity index (χ1) is 24.7. The van der Waals surface area contributed by atoms with Crippen LogP contribution in [0.5, 0.6) is 0 Å². The van der Waals surface area contributed by atoms with Gasteiger partial charge in [0.15, 0.2) is 5.58 Å². The summed E-state index contributed by atoms with van der Waals surface area (Å²) in [7, 11) is 7.52. The van der Waals surface area contributed by atoms with Gasteiger partial charge in [-0.15, -0.1) is 0 Å². The van der Waals surface area contributed by atoms with Gasteiger partial charge in [-0.25, -0.2) is 4.98 Å². The molecule has 1 aliphatic heterocycles. The van der Waals surface area contributed by atoms with Gasteiger partial charge in [0, 0.05) is 28.8 Å². The van der Waals surface area contributed by atoms with Gasteiger partial charge in [-0.2, -0.15) is 0 Å². The second kappa shape index (κ2) is 14.2. The summed E-state index contributed by atoms with van der Waals surface area (Å²) in [5, 5.41) is 6.94. The Bertz CT molecular complexity index is 2190. The zero-order valence-electron chi connectivity index (χ0n) is 29.1. The normalized spacial score (nSPS) is 15.8. The summed E-state index contributed by atoms with van der Waals surface area (Å²) in [6, 6.07) is 30.8. The zero-order valence-corrected chi connectivity index (χ0v) is 29.1. The van der Waals surface area contributed by atoms with E-state index in [1.54, 1.807) is 23.1 Å². The Kier molecular flexibility index (Phi) is 9.40. The number of nitrogens with one attached hydrogen (secondary N) is 3. The fraction of sp³-hybridized carbons (Fsp3) is 0.250. The predicted molar refractivity (Wildman–Crippen MR) is 199 cm³/mol. The van der Waals surface area contributed by atoms with Crippen molar-refractivity contribution in [1.82, 2.24) is 24.7 Å². The molecule has 11 heteroatoms. The molecule has 11 nitrogen and oxygen atoms in total. The number of hydrogen-bond acceptors (Lipinski definition) is 7. The summed E-state index contributed by atoms with van der Waals surface area (Å²) >= 11 is 0. The van der Waals surface area contributed by atoms with Gasteiger partial charge in [0.1, 0.15) is 29.3 Å². The SMILES string of the molecule is CN(C)[C@@H](C(=O)Nc1ccc2oc(-c3cc4cc(NC(=O)[C@@H]5CCCN5C(=O)[C@@H](c5ccccc5)N(C)C)ccc4[nH]3)nc2c1)c1ccccc1. The number of likely N-dealkylation sites (tertiary alicyclic amines) is 1. The lowest BCUT2D eigenvalue weighted by Gasteiger charge is -2.31. The van der Waals surface area contributed by atoms with E-state index in [-0.39, 0.29) is 17.7 Å². The molecule has 7 rings (SSSR count). The monoisotopic (exact) mass is 683 g/mol. The van der Waals surface area contributed by atoms with Crippen molar-refractivity contribution in [1.29, 1.82) is 0 Å². The van der Waals surface area contributed by atoms with Crippen molar-refractivity contribution in [2.75, 3.05) is 45.4 Å². The molecule has 3 N–H and O–H groups in total. The van der Waals surface area contributed by atoms with Crippen molar-refractivity contribution in [2.24, 2.45) is 0 Å². The lowest BCUT2D eigenvalue weighted by Crippen LogP contribution is -2.47. The molecule has 0 spiro atoms. The van der Waals surface area contributed by atoms with E-state index >= 15 is 0 Å². The minimum atomic E-state index is -0.553. The minimum Gasteiger partial charge on any atom is -0.435 e. The van der Waals surface area contributed by atoms with E-state index in [1.807, 2.05) is 123 Å². The van der Waals surface area contributed by atoms with E-state index in [1.165, 1.54) is 0 Å². The van der Waals surface area contributed by atoms with Crippen LogP contribution in [0.25, 0.3) is 33.6 Å². The molecule has 3 heterocycles. The van der Waals surface area contributed by atoms with Crippen LogP contribution in [0.4, 0.5) is 11.4 Å². The number of aromatic nitrogens is 2. The highest BCUT2D eigenvalue weighted by atomic mass is 16.3. The number of rotatable bonds is 10. The summed E-state index contributed by atoms with van der Waals surface area (Å²) in [4.78, 5) is 54.2. The number of aromatic amines is 1. The largest absolute Gasteiger partial charge is 0.435 e. The number of anilines is 2. The maximum Gasteiger partial charge on any atom is 0.247 e. The Morgan fingerprint density at radius 1 is 0.804 bits per heavy atom. The van der Waals surface area contributed by atoms with Gasteiger partial charge >= 0.3 is 0 Å². The summed E-state index contributed by atoms with van der Waals surface area (Å²) in [5.41, 5.74) is 5.77. The molecule has 0 radical (unpaired) electrons. The van der Waals surface area contributed by atoms with Crippen LogP contribution < -0.4 is 10.6 Å². The Morgan fingerprint density at radius 2 is 1.45 bits per heavy atom. The van der Waals surface area contributed by atoms with Crippen molar-refractivity contribution in [3.8, 4) is 11.6 Å². The molecule has 1 saturated heterocycles. The maximum absolute atomic E-state index is 13.8. The lowest BCUT2D eigenvalue weighted by molar-refractivity contribution is -0.140. The highest BCUT2D eigenvalue weighted by molar-refractivity contribution is 6.00. The highest BCUT2D eigenvalue weighted by Gasteiger charge is 2.38. The Morgan fingerprint density at radius 3 is 2.14 bits per heavy atom. The third kappa shape index (κ3) is 6.99. The van der Waals surface area contributed by atoms with Crippen LogP contribution >= 0.6 is 0 Å². The first-order valence-corrected chi connectivity index (χ1v) is 17.0. The first kappa shape index (κ1) is 33.7. The molecule has 1 fully saturated rings. The first-order valence-electron chi connectivity index (χ1n) is 17.0. The number of likely N-dealkylation sites (N-methyl/N-ethyl adjacent to an activating group) is 2. The molecule has 0 saturated carbocycles. The fourth-order valence-corrected chi connectivity index (χ4v) is 6.96. The molecule has 0 bridgehead atoms. The molecule has 3 amide bonds. The molecule has 0 aliphatic carbocycles. The third-order valence-corrected chi connectivity index (χ3v) is 9.36. The molecule has 51 heavy (non-hydrogen) atoms. The van der Waals surface area contributed by atoms with E-state index < -0.39 is 18.1 Å². The van der Waals surface area contributed by atoms with E-state index in [2.05, 4.69) is 15.6 Å². The van der Waals surface area contributed by atoms with E-state index in [0.29, 0.717) is 47.0 Å². The molecule has 260 valence electrons. The second-order valence-electron chi connectivity index (χ2n) is 13.4. The molecule has 3 atom stereocenters. The molecule has 0 unspecified atom stereocenters. The molecule has 1 aliphatic rings. The third-order valence-electron chi connectivity index (χ3n) is 9.36. The van der Waals surface area contributed by atoms with E-state index in [4.69, 9.17) is 9.40 Å². The standard InChI is InChI=1S/C40H41N7O4/c1-45(2)35(25-12-7-5-8-13-25)38(49)42-29-18-20-34-31(24-29)44-39(51-34)32-23-27-22-28(17-19-30(27)43-32)41-37(48)33-16-11-21-47(33)40(50)36(46(3)4)26-14-9-6-10-15-26/h5-10,12-15,17-20,22-24,33,35-36,43H,11,16,21H2,1-4H3,(H,41,48)(H,42,49)/t33-,35+,36+/m0/s1. The molecular weight excluding hydrogens is 642 g/mol. The zero-order chi connectivity index (χ0) is 35.6. The van der Waals surface area contributed by atoms with Gasteiger partial charge in [-0.1, -0.05) is 60.7 Å². The number of nitrogens with zero attached hydrogens (tertiary/aromatic N) is 4. The number of oxazole rings is 1. The van der Waals surface area contributed by atoms with Gasteiger partial charge in [0.25, 0.3) is 0 Å². The average molecular weight is 684 g/mol. The van der Waals surface area contributed by atoms with Crippen molar-refractivity contribution in [3.05, 3.63) is 114 Å². The van der Waals surface area contributed by atoms with Crippen LogP contribution in [-0.4, -0.2) is 83.2 Å². The van der Waals surface area contributed by atoms with Crippen LogP contribution in [0.3, 0.4) is 0 Å². The fourth-order valence-electron chi connectivity index (χ4n) is 6.96. The Hall–Kier alpha value is -5.78. The van der Waals surface area contributed by atoms with Crippen LogP contribution in [0.2, 0.25) is 0 Å². The second-order valence-corrected chi connectivity index (χ2v) is 13.4. The summed E-state index contributed by atoms with van der Waals surface area (Å²) in [6.45, 7) is 0.539. The van der Waals surface area contributed by atoms with Crippen LogP contribution in [0.1, 0.15) is 36.1 Å². The number of fused-ring (bicyclic) bond motifs is 2. The average Bonchev–Trinajstić information content (AvgIpc) is 3.87. The van der Waals surface area contributed by atoms with Crippen LogP contribution in [0, 0.1) is 0 Å². The van der Waals surface area contributed by atoms with Gasteiger partial charge in [-0.05, 0) is 94.6 Å². The van der Waals surface area contributed by atoms with E-state index in [9.17, 15) is 14.4 Å². The summed E-state index contributed by atoms with van der Waals surface area (Å²) in [6.07, 6.45) is 1.37. The van der Waals surface area contributed by atoms with Crippen molar-refractivity contribution in [2.45, 2.75) is 31.0 Å². The lowest BCUT2D eigenvalue weighted by atomic mass is 10.0. The van der Waals surface area contributed by atoms with E-state index in [0.717, 1.165) is 28.5 Å². The van der Waals surface area contributed by atoms with Crippen molar-refractivity contribution in [3.63, 3.8) is 0 Å². The van der Waals surface area contributed by atoms with Gasteiger partial charge < -0.3 is 24.9 Å². The van der Waals surface area contributed by atoms with Crippen molar-refractivity contribution >= 4 is 51.1 Å². The number of hydrogen-bond donors (Lipinski definition) is 3. The molecule has 6 aromatic rings. The maximum atomic E-state index is 13.8. The van der Waals surface area contributed by atoms with Crippen LogP contribution in [-0.2, 0) is 14.4 Å². The predicted octanol–water partition coefficient (Wildman–Crippen LogP) is 6.45. The quantitative estimate of drug-likeness (QED) is 0.152. The highest BCUT2D eigenvalue weighted by Crippen LogP contribution is 2.31. The Balaban J connectivity index is 1.05. The minimum absolute atomic E-state index is 0.0765. The summed E-state index contributed by atoms with van der Waals surface area (Å²) in [5.74, 6) is -0.0268. The van der Waals surface area contributed by atoms with Crippen molar-refractivity contribution < 1.29 is 18.8 Å². The number of amides is 3. The number of benzene rings is 4. The summed E-state index contributed by atoms with van der Waals surface area (Å²) < 4.78 is 6.09. The molecule has 2 aromatic heterocycles. The van der Waals surface area contributed by atoms with Gasteiger partial charge in [-0.3, -0.25) is 24.2 Å². The van der Waals surface area contributed by atoms with Gasteiger partial charge in [0.2, 0.25) is 23.6 Å². The van der Waals surface area contributed by atoms with Gasteiger partial charge in [0.05, 0.1) is 0 Å². The molecule has 4 aromatic carbocycles. The van der Waals surface area contributed by atoms with Crippen LogP contribution in [0.15, 0.2) is 108 Å². The smallest absolute Gasteiger partial charge is 0.247 e.